The number of anilines is 1. The molecule has 4 nitrogen and oxygen atoms in total. The molecule has 0 unspecified atom stereocenters. The highest BCUT2D eigenvalue weighted by molar-refractivity contribution is 5.10. The zero-order valence-corrected chi connectivity index (χ0v) is 7.94. The van der Waals surface area contributed by atoms with E-state index in [1.165, 1.54) is 0 Å². The highest BCUT2D eigenvalue weighted by atomic mass is 19.1. The van der Waals surface area contributed by atoms with Crippen molar-refractivity contribution >= 4 is 5.95 Å². The van der Waals surface area contributed by atoms with Crippen molar-refractivity contribution in [1.29, 1.82) is 0 Å². The van der Waals surface area contributed by atoms with Crippen LogP contribution in [0.3, 0.4) is 0 Å². The van der Waals surface area contributed by atoms with E-state index in [1.54, 1.807) is 11.0 Å². The van der Waals surface area contributed by atoms with E-state index >= 15 is 0 Å². The maximum atomic E-state index is 12.4. The smallest absolute Gasteiger partial charge is 0.239 e. The Morgan fingerprint density at radius 2 is 2.15 bits per heavy atom. The topological polar surface area (TPSA) is 56.7 Å². The minimum atomic E-state index is -0.662. The molecule has 1 heterocycles. The predicted molar refractivity (Wildman–Crippen MR) is 48.9 cm³/mol. The van der Waals surface area contributed by atoms with Gasteiger partial charge in [0, 0.05) is 12.8 Å². The lowest BCUT2D eigenvalue weighted by molar-refractivity contribution is 0.128. The molecule has 1 aromatic rings. The molecule has 2 N–H and O–H groups in total. The zero-order chi connectivity index (χ0) is 9.84. The molecule has 1 aromatic heterocycles. The van der Waals surface area contributed by atoms with Gasteiger partial charge < -0.3 is 5.73 Å². The molecule has 0 saturated heterocycles. The Morgan fingerprint density at radius 3 is 2.54 bits per heavy atom. The summed E-state index contributed by atoms with van der Waals surface area (Å²) in [7, 11) is 0. The molecule has 1 aliphatic rings. The Hall–Kier alpha value is -1.13. The Labute approximate surface area is 77.0 Å². The van der Waals surface area contributed by atoms with Crippen LogP contribution in [-0.4, -0.2) is 20.9 Å². The maximum Gasteiger partial charge on any atom is 0.239 e. The van der Waals surface area contributed by atoms with Crippen LogP contribution in [0.2, 0.25) is 0 Å². The Bertz CT molecular complexity index is 254. The van der Waals surface area contributed by atoms with E-state index in [2.05, 4.69) is 10.1 Å². The normalized spacial score (nSPS) is 25.8. The maximum absolute atomic E-state index is 12.4. The van der Waals surface area contributed by atoms with Crippen LogP contribution in [0.5, 0.6) is 0 Å². The lowest BCUT2D eigenvalue weighted by atomic mass is 9.91. The van der Waals surface area contributed by atoms with Crippen molar-refractivity contribution in [2.24, 2.45) is 0 Å². The van der Waals surface area contributed by atoms with Crippen molar-refractivity contribution in [2.75, 3.05) is 5.73 Å². The van der Waals surface area contributed by atoms with Crippen LogP contribution in [0.15, 0.2) is 6.33 Å². The first-order valence-electron chi connectivity index (χ1n) is 4.56. The van der Waals surface area contributed by atoms with Crippen LogP contribution in [-0.2, 0) is 0 Å². The summed E-state index contributed by atoms with van der Waals surface area (Å²) >= 11 is 0. The molecule has 0 aromatic carbocycles. The molecule has 74 valence electrons. The largest absolute Gasteiger partial charge is 0.367 e. The molecule has 0 aliphatic heterocycles. The van der Waals surface area contributed by atoms with Crippen LogP contribution in [0.25, 0.3) is 0 Å². The first-order valence-corrected chi connectivity index (χ1v) is 4.56. The van der Waals surface area contributed by atoms with Crippen molar-refractivity contribution in [3.05, 3.63) is 6.33 Å². The quantitative estimate of drug-likeness (QED) is 0.724. The average Bonchev–Trinajstić information content (AvgIpc) is 2.50. The number of nitrogens with zero attached hydrogens (tertiary/aromatic N) is 3. The van der Waals surface area contributed by atoms with Crippen molar-refractivity contribution in [3.8, 4) is 0 Å². The lowest BCUT2D eigenvalue weighted by Crippen LogP contribution is -2.28. The van der Waals surface area contributed by atoms with Gasteiger partial charge in [-0.15, -0.1) is 5.10 Å². The molecule has 0 radical (unpaired) electrons. The number of rotatable bonds is 1. The van der Waals surface area contributed by atoms with Crippen LogP contribution in [0, 0.1) is 0 Å². The number of hydrogen-bond donors (Lipinski definition) is 1. The number of halogens is 1. The minimum Gasteiger partial charge on any atom is -0.367 e. The minimum absolute atomic E-state index is 0.176. The summed E-state index contributed by atoms with van der Waals surface area (Å²) in [5.74, 6) is 0.257. The third-order valence-corrected chi connectivity index (χ3v) is 1.96. The van der Waals surface area contributed by atoms with Crippen molar-refractivity contribution < 1.29 is 4.39 Å². The molecule has 1 fully saturated rings. The van der Waals surface area contributed by atoms with Gasteiger partial charge in [-0.2, -0.15) is 0 Å². The fraction of sp³-hybridized carbons (Fsp3) is 0.750. The molecule has 0 bridgehead atoms. The zero-order valence-electron chi connectivity index (χ0n) is 7.94. The summed E-state index contributed by atoms with van der Waals surface area (Å²) in [4.78, 5) is 3.75. The molecule has 0 amide bonds. The van der Waals surface area contributed by atoms with Gasteiger partial charge in [-0.1, -0.05) is 13.8 Å². The van der Waals surface area contributed by atoms with Gasteiger partial charge in [-0.05, 0) is 0 Å². The molecular formula is C8H15FN4. The van der Waals surface area contributed by atoms with Crippen LogP contribution in [0.1, 0.15) is 32.7 Å². The molecule has 2 rings (SSSR count). The Kier molecular flexibility index (Phi) is 3.22. The van der Waals surface area contributed by atoms with Gasteiger partial charge in [0.05, 0.1) is 6.04 Å². The standard InChI is InChI=1S/C6H9FN4.C2H6/c7-4-1-5(2-4)11-3-9-6(8)10-11;1-2/h3-5H,1-2H2,(H2,8,10);1-2H3. The van der Waals surface area contributed by atoms with E-state index in [0.29, 0.717) is 12.8 Å². The number of aromatic nitrogens is 3. The fourth-order valence-corrected chi connectivity index (χ4v) is 1.20. The van der Waals surface area contributed by atoms with Gasteiger partial charge in [0.1, 0.15) is 12.5 Å². The van der Waals surface area contributed by atoms with E-state index in [0.717, 1.165) is 0 Å². The molecule has 0 spiro atoms. The fourth-order valence-electron chi connectivity index (χ4n) is 1.20. The van der Waals surface area contributed by atoms with Gasteiger partial charge >= 0.3 is 0 Å². The first kappa shape index (κ1) is 9.95. The Balaban J connectivity index is 0.000000396. The lowest BCUT2D eigenvalue weighted by Gasteiger charge is -2.28. The van der Waals surface area contributed by atoms with E-state index in [9.17, 15) is 4.39 Å². The third-order valence-electron chi connectivity index (χ3n) is 1.96. The van der Waals surface area contributed by atoms with Gasteiger partial charge in [0.2, 0.25) is 5.95 Å². The van der Waals surface area contributed by atoms with E-state index < -0.39 is 6.17 Å². The second-order valence-electron chi connectivity index (χ2n) is 2.81. The predicted octanol–water partition coefficient (Wildman–Crippen LogP) is 1.56. The number of nitrogen functional groups attached to an aromatic ring is 1. The summed E-state index contributed by atoms with van der Waals surface area (Å²) in [6, 6.07) is 0.176. The van der Waals surface area contributed by atoms with Gasteiger partial charge in [-0.3, -0.25) is 0 Å². The SMILES string of the molecule is CC.Nc1ncn(C2CC(F)C2)n1. The second-order valence-corrected chi connectivity index (χ2v) is 2.81. The summed E-state index contributed by atoms with van der Waals surface area (Å²) in [5, 5.41) is 3.88. The van der Waals surface area contributed by atoms with Crippen LogP contribution in [0.4, 0.5) is 10.3 Å². The highest BCUT2D eigenvalue weighted by Crippen LogP contribution is 2.33. The van der Waals surface area contributed by atoms with E-state index in [4.69, 9.17) is 5.73 Å². The Morgan fingerprint density at radius 1 is 1.54 bits per heavy atom. The highest BCUT2D eigenvalue weighted by Gasteiger charge is 2.30. The number of alkyl halides is 1. The van der Waals surface area contributed by atoms with Crippen LogP contribution < -0.4 is 5.73 Å². The number of nitrogens with two attached hydrogens (primary N) is 1. The summed E-state index contributed by atoms with van der Waals surface area (Å²) < 4.78 is 14.0. The molecular weight excluding hydrogens is 171 g/mol. The summed E-state index contributed by atoms with van der Waals surface area (Å²) in [6.07, 6.45) is 1.97. The first-order chi connectivity index (χ1) is 6.25. The number of hydrogen-bond acceptors (Lipinski definition) is 3. The van der Waals surface area contributed by atoms with Crippen molar-refractivity contribution in [3.63, 3.8) is 0 Å². The molecule has 13 heavy (non-hydrogen) atoms. The van der Waals surface area contributed by atoms with Crippen molar-refractivity contribution in [1.82, 2.24) is 14.8 Å². The summed E-state index contributed by atoms with van der Waals surface area (Å²) in [5.41, 5.74) is 5.29. The van der Waals surface area contributed by atoms with E-state index in [-0.39, 0.29) is 12.0 Å². The summed E-state index contributed by atoms with van der Waals surface area (Å²) in [6.45, 7) is 4.00. The van der Waals surface area contributed by atoms with Crippen molar-refractivity contribution in [2.45, 2.75) is 38.9 Å². The molecule has 0 atom stereocenters. The molecule has 5 heteroatoms. The monoisotopic (exact) mass is 186 g/mol. The van der Waals surface area contributed by atoms with Gasteiger partial charge in [0.15, 0.2) is 0 Å². The van der Waals surface area contributed by atoms with Crippen LogP contribution >= 0.6 is 0 Å². The second kappa shape index (κ2) is 4.20. The van der Waals surface area contributed by atoms with Gasteiger partial charge in [0.25, 0.3) is 0 Å². The molecule has 1 saturated carbocycles. The van der Waals surface area contributed by atoms with Gasteiger partial charge in [-0.25, -0.2) is 14.1 Å². The molecule has 1 aliphatic carbocycles. The van der Waals surface area contributed by atoms with E-state index in [1.807, 2.05) is 13.8 Å². The average molecular weight is 186 g/mol. The third kappa shape index (κ3) is 2.17.